The van der Waals surface area contributed by atoms with Gasteiger partial charge < -0.3 is 9.84 Å². The highest BCUT2D eigenvalue weighted by molar-refractivity contribution is 5.73. The summed E-state index contributed by atoms with van der Waals surface area (Å²) in [5.74, 6) is -0.879. The van der Waals surface area contributed by atoms with Crippen LogP contribution < -0.4 is 4.74 Å². The van der Waals surface area contributed by atoms with E-state index in [0.717, 1.165) is 5.56 Å². The van der Waals surface area contributed by atoms with Gasteiger partial charge in [0, 0.05) is 6.42 Å². The van der Waals surface area contributed by atoms with Crippen molar-refractivity contribution in [1.29, 1.82) is 0 Å². The van der Waals surface area contributed by atoms with E-state index in [-0.39, 0.29) is 12.2 Å². The first-order valence-electron chi connectivity index (χ1n) is 6.25. The van der Waals surface area contributed by atoms with Crippen molar-refractivity contribution in [1.82, 2.24) is 0 Å². The van der Waals surface area contributed by atoms with E-state index in [1.54, 1.807) is 24.3 Å². The van der Waals surface area contributed by atoms with E-state index in [9.17, 15) is 14.3 Å². The van der Waals surface area contributed by atoms with Gasteiger partial charge in [0.05, 0.1) is 0 Å². The highest BCUT2D eigenvalue weighted by Gasteiger charge is 2.20. The fourth-order valence-electron chi connectivity index (χ4n) is 1.87. The predicted molar refractivity (Wildman–Crippen MR) is 73.3 cm³/mol. The Kier molecular flexibility index (Phi) is 4.35. The number of hydrogen-bond donors (Lipinski definition) is 1. The third kappa shape index (κ3) is 3.82. The summed E-state index contributed by atoms with van der Waals surface area (Å²) in [6.45, 7) is 1.91. The van der Waals surface area contributed by atoms with Crippen LogP contribution in [0.4, 0.5) is 4.39 Å². The molecule has 0 aromatic heterocycles. The van der Waals surface area contributed by atoms with Gasteiger partial charge in [0.2, 0.25) is 0 Å². The van der Waals surface area contributed by atoms with Gasteiger partial charge in [0.1, 0.15) is 11.6 Å². The van der Waals surface area contributed by atoms with Crippen molar-refractivity contribution in [2.75, 3.05) is 0 Å². The van der Waals surface area contributed by atoms with Gasteiger partial charge in [-0.3, -0.25) is 0 Å². The smallest absolute Gasteiger partial charge is 0.345 e. The molecule has 0 radical (unpaired) electrons. The molecule has 1 N–H and O–H groups in total. The van der Waals surface area contributed by atoms with Gasteiger partial charge in [0.25, 0.3) is 0 Å². The molecule has 0 saturated heterocycles. The zero-order valence-corrected chi connectivity index (χ0v) is 11.0. The van der Waals surface area contributed by atoms with Crippen LogP contribution in [0.1, 0.15) is 11.1 Å². The van der Waals surface area contributed by atoms with Crippen LogP contribution >= 0.6 is 0 Å². The Bertz CT molecular complexity index is 593. The average molecular weight is 274 g/mol. The van der Waals surface area contributed by atoms with Crippen molar-refractivity contribution in [3.8, 4) is 5.75 Å². The number of aliphatic carboxylic acids is 1. The summed E-state index contributed by atoms with van der Waals surface area (Å²) in [6.07, 6.45) is -0.814. The zero-order chi connectivity index (χ0) is 14.5. The van der Waals surface area contributed by atoms with E-state index in [1.165, 1.54) is 12.1 Å². The Morgan fingerprint density at radius 2 is 1.95 bits per heavy atom. The molecule has 2 aromatic carbocycles. The van der Waals surface area contributed by atoms with Crippen molar-refractivity contribution in [3.05, 3.63) is 65.5 Å². The SMILES string of the molecule is Cc1cccc(OC(Cc2ccc(F)cc2)C(=O)O)c1. The minimum Gasteiger partial charge on any atom is -0.478 e. The van der Waals surface area contributed by atoms with E-state index >= 15 is 0 Å². The lowest BCUT2D eigenvalue weighted by molar-refractivity contribution is -0.145. The second-order valence-corrected chi connectivity index (χ2v) is 4.59. The molecule has 20 heavy (non-hydrogen) atoms. The average Bonchev–Trinajstić information content (AvgIpc) is 2.40. The third-order valence-electron chi connectivity index (χ3n) is 2.88. The molecule has 0 saturated carbocycles. The van der Waals surface area contributed by atoms with Crippen LogP contribution in [0.5, 0.6) is 5.75 Å². The maximum absolute atomic E-state index is 12.8. The highest BCUT2D eigenvalue weighted by Crippen LogP contribution is 2.16. The molecule has 4 heteroatoms. The van der Waals surface area contributed by atoms with Crippen LogP contribution in [0.25, 0.3) is 0 Å². The molecule has 0 bridgehead atoms. The summed E-state index contributed by atoms with van der Waals surface area (Å²) in [5.41, 5.74) is 1.71. The van der Waals surface area contributed by atoms with E-state index in [2.05, 4.69) is 0 Å². The summed E-state index contributed by atoms with van der Waals surface area (Å²) < 4.78 is 18.3. The summed E-state index contributed by atoms with van der Waals surface area (Å²) in [5, 5.41) is 9.22. The lowest BCUT2D eigenvalue weighted by Gasteiger charge is -2.15. The lowest BCUT2D eigenvalue weighted by Crippen LogP contribution is -2.29. The Labute approximate surface area is 116 Å². The highest BCUT2D eigenvalue weighted by atomic mass is 19.1. The van der Waals surface area contributed by atoms with Crippen LogP contribution in [0.2, 0.25) is 0 Å². The Balaban J connectivity index is 2.11. The van der Waals surface area contributed by atoms with Crippen molar-refractivity contribution in [3.63, 3.8) is 0 Å². The monoisotopic (exact) mass is 274 g/mol. The first kappa shape index (κ1) is 14.1. The number of ether oxygens (including phenoxy) is 1. The number of aryl methyl sites for hydroxylation is 1. The lowest BCUT2D eigenvalue weighted by atomic mass is 10.1. The van der Waals surface area contributed by atoms with Gasteiger partial charge in [-0.1, -0.05) is 24.3 Å². The molecule has 0 aliphatic carbocycles. The standard InChI is InChI=1S/C16H15FO3/c1-11-3-2-4-14(9-11)20-15(16(18)19)10-12-5-7-13(17)8-6-12/h2-9,15H,10H2,1H3,(H,18,19). The van der Waals surface area contributed by atoms with Crippen molar-refractivity contribution in [2.45, 2.75) is 19.4 Å². The summed E-state index contributed by atoms with van der Waals surface area (Å²) >= 11 is 0. The molecule has 104 valence electrons. The first-order chi connectivity index (χ1) is 9.54. The molecule has 1 atom stereocenters. The van der Waals surface area contributed by atoms with E-state index in [4.69, 9.17) is 4.74 Å². The molecule has 0 amide bonds. The number of carboxylic acids is 1. The summed E-state index contributed by atoms with van der Waals surface area (Å²) in [4.78, 5) is 11.3. The largest absolute Gasteiger partial charge is 0.478 e. The molecule has 0 heterocycles. The minimum atomic E-state index is -1.05. The van der Waals surface area contributed by atoms with Crippen molar-refractivity contribution in [2.24, 2.45) is 0 Å². The number of halogens is 1. The molecule has 3 nitrogen and oxygen atoms in total. The topological polar surface area (TPSA) is 46.5 Å². The van der Waals surface area contributed by atoms with Crippen LogP contribution in [0.15, 0.2) is 48.5 Å². The van der Waals surface area contributed by atoms with Gasteiger partial charge in [-0.15, -0.1) is 0 Å². The molecule has 1 unspecified atom stereocenters. The Hall–Kier alpha value is -2.36. The van der Waals surface area contributed by atoms with Gasteiger partial charge in [-0.2, -0.15) is 0 Å². The van der Waals surface area contributed by atoms with Gasteiger partial charge >= 0.3 is 5.97 Å². The van der Waals surface area contributed by atoms with E-state index in [1.807, 2.05) is 19.1 Å². The number of rotatable bonds is 5. The summed E-state index contributed by atoms with van der Waals surface area (Å²) in [6, 6.07) is 12.9. The first-order valence-corrected chi connectivity index (χ1v) is 6.25. The molecule has 0 fully saturated rings. The molecule has 0 aliphatic rings. The van der Waals surface area contributed by atoms with Crippen LogP contribution in [0, 0.1) is 12.7 Å². The quantitative estimate of drug-likeness (QED) is 0.910. The fourth-order valence-corrected chi connectivity index (χ4v) is 1.87. The van der Waals surface area contributed by atoms with Gasteiger partial charge in [-0.05, 0) is 42.3 Å². The number of carboxylic acid groups (broad SMARTS) is 1. The second kappa shape index (κ2) is 6.19. The van der Waals surface area contributed by atoms with Gasteiger partial charge in [0.15, 0.2) is 6.10 Å². The van der Waals surface area contributed by atoms with Gasteiger partial charge in [-0.25, -0.2) is 9.18 Å². The maximum Gasteiger partial charge on any atom is 0.345 e. The molecule has 2 rings (SSSR count). The molecule has 0 spiro atoms. The third-order valence-corrected chi connectivity index (χ3v) is 2.88. The molecular weight excluding hydrogens is 259 g/mol. The number of carbonyl (C=O) groups is 1. The molecule has 2 aromatic rings. The van der Waals surface area contributed by atoms with E-state index in [0.29, 0.717) is 11.3 Å². The Morgan fingerprint density at radius 3 is 2.55 bits per heavy atom. The molecular formula is C16H15FO3. The summed E-state index contributed by atoms with van der Waals surface area (Å²) in [7, 11) is 0. The molecule has 0 aliphatic heterocycles. The van der Waals surface area contributed by atoms with Crippen molar-refractivity contribution >= 4 is 5.97 Å². The second-order valence-electron chi connectivity index (χ2n) is 4.59. The minimum absolute atomic E-state index is 0.184. The van der Waals surface area contributed by atoms with E-state index < -0.39 is 12.1 Å². The van der Waals surface area contributed by atoms with Crippen LogP contribution in [-0.2, 0) is 11.2 Å². The number of hydrogen-bond acceptors (Lipinski definition) is 2. The fraction of sp³-hybridized carbons (Fsp3) is 0.188. The zero-order valence-electron chi connectivity index (χ0n) is 11.0. The van der Waals surface area contributed by atoms with Crippen LogP contribution in [-0.4, -0.2) is 17.2 Å². The predicted octanol–water partition coefficient (Wildman–Crippen LogP) is 3.21. The Morgan fingerprint density at radius 1 is 1.25 bits per heavy atom. The van der Waals surface area contributed by atoms with Crippen LogP contribution in [0.3, 0.4) is 0 Å². The normalized spacial score (nSPS) is 11.9. The van der Waals surface area contributed by atoms with Crippen molar-refractivity contribution < 1.29 is 19.0 Å². The number of benzene rings is 2. The maximum atomic E-state index is 12.8.